The molecule has 0 fully saturated rings. The number of aliphatic carboxylic acids is 1. The van der Waals surface area contributed by atoms with Crippen LogP contribution in [0.5, 0.6) is 0 Å². The van der Waals surface area contributed by atoms with Crippen LogP contribution < -0.4 is 0 Å². The van der Waals surface area contributed by atoms with E-state index in [0.717, 1.165) is 71.1 Å². The van der Waals surface area contributed by atoms with Gasteiger partial charge in [0.05, 0.1) is 17.5 Å². The van der Waals surface area contributed by atoms with Gasteiger partial charge in [-0.1, -0.05) is 42.0 Å². The van der Waals surface area contributed by atoms with E-state index in [1.807, 2.05) is 47.1 Å². The van der Waals surface area contributed by atoms with E-state index in [1.54, 1.807) is 11.0 Å². The Balaban J connectivity index is 1.42. The van der Waals surface area contributed by atoms with Gasteiger partial charge >= 0.3 is 5.97 Å². The topological polar surface area (TPSA) is 88.3 Å². The summed E-state index contributed by atoms with van der Waals surface area (Å²) in [6.45, 7) is 1.59. The summed E-state index contributed by atoms with van der Waals surface area (Å²) < 4.78 is 16.9. The lowest BCUT2D eigenvalue weighted by atomic mass is 9.85. The van der Waals surface area contributed by atoms with Crippen LogP contribution in [-0.4, -0.2) is 43.4 Å². The fourth-order valence-electron chi connectivity index (χ4n) is 5.77. The number of rotatable bonds is 2. The van der Waals surface area contributed by atoms with Crippen molar-refractivity contribution in [3.8, 4) is 0 Å². The second kappa shape index (κ2) is 10.0. The standard InChI is InChI=1S/C30H29FN4O3/c31-26-14-19-4-2-1-3-12-35-28-10-8-22(16-27(28)32-33-35)25(17-29(36)37)21-7-6-20-11-13-34(18-23(20)15-21)30(38)24(26)9-5-19/h5-10,14-16,25H,1-4,11-13,17-18H2,(H,36,37). The van der Waals surface area contributed by atoms with Crippen LogP contribution in [0.25, 0.3) is 11.0 Å². The molecule has 0 aliphatic carbocycles. The number of hydrogen-bond donors (Lipinski definition) is 1. The number of aromatic nitrogens is 3. The molecule has 1 N–H and O–H groups in total. The molecule has 4 aromatic rings. The molecule has 5 aliphatic rings. The van der Waals surface area contributed by atoms with Gasteiger partial charge in [0.25, 0.3) is 5.91 Å². The summed E-state index contributed by atoms with van der Waals surface area (Å²) in [5, 5.41) is 18.4. The van der Waals surface area contributed by atoms with Gasteiger partial charge in [-0.25, -0.2) is 9.07 Å². The van der Waals surface area contributed by atoms with Crippen molar-refractivity contribution in [2.24, 2.45) is 0 Å². The monoisotopic (exact) mass is 512 g/mol. The fourth-order valence-corrected chi connectivity index (χ4v) is 5.77. The Bertz CT molecular complexity index is 1550. The highest BCUT2D eigenvalue weighted by Gasteiger charge is 2.26. The van der Waals surface area contributed by atoms with E-state index in [1.165, 1.54) is 6.07 Å². The third-order valence-electron chi connectivity index (χ3n) is 7.85. The van der Waals surface area contributed by atoms with Crippen molar-refractivity contribution in [2.45, 2.75) is 57.5 Å². The van der Waals surface area contributed by atoms with Gasteiger partial charge in [0, 0.05) is 25.6 Å². The van der Waals surface area contributed by atoms with Crippen molar-refractivity contribution < 1.29 is 19.1 Å². The molecule has 1 amide bonds. The zero-order valence-electron chi connectivity index (χ0n) is 21.1. The van der Waals surface area contributed by atoms with Crippen molar-refractivity contribution in [1.29, 1.82) is 0 Å². The molecule has 0 saturated carbocycles. The number of hydrogen-bond acceptors (Lipinski definition) is 4. The molecule has 6 heterocycles. The van der Waals surface area contributed by atoms with Crippen molar-refractivity contribution in [1.82, 2.24) is 19.9 Å². The van der Waals surface area contributed by atoms with E-state index in [0.29, 0.717) is 19.5 Å². The van der Waals surface area contributed by atoms with Crippen LogP contribution in [0.15, 0.2) is 54.6 Å². The maximum atomic E-state index is 15.0. The zero-order valence-corrected chi connectivity index (χ0v) is 21.1. The maximum Gasteiger partial charge on any atom is 0.304 e. The fraction of sp³-hybridized carbons (Fsp3) is 0.333. The number of carboxylic acids is 1. The van der Waals surface area contributed by atoms with Crippen LogP contribution >= 0.6 is 0 Å². The molecule has 7 nitrogen and oxygen atoms in total. The average Bonchev–Trinajstić information content (AvgIpc) is 3.32. The first-order valence-electron chi connectivity index (χ1n) is 13.2. The van der Waals surface area contributed by atoms with E-state index in [9.17, 15) is 14.7 Å². The smallest absolute Gasteiger partial charge is 0.304 e. The second-order valence-corrected chi connectivity index (χ2v) is 10.3. The number of carboxylic acid groups (broad SMARTS) is 1. The molecule has 0 spiro atoms. The quantitative estimate of drug-likeness (QED) is 0.404. The third-order valence-corrected chi connectivity index (χ3v) is 7.85. The zero-order chi connectivity index (χ0) is 26.2. The van der Waals surface area contributed by atoms with Crippen molar-refractivity contribution in [3.05, 3.63) is 93.8 Å². The first-order valence-corrected chi connectivity index (χ1v) is 13.2. The molecule has 5 aliphatic heterocycles. The normalized spacial score (nSPS) is 17.9. The van der Waals surface area contributed by atoms with Gasteiger partial charge in [0.1, 0.15) is 11.3 Å². The Morgan fingerprint density at radius 2 is 1.79 bits per heavy atom. The number of aryl methyl sites for hydroxylation is 2. The molecule has 9 rings (SSSR count). The van der Waals surface area contributed by atoms with Crippen molar-refractivity contribution >= 4 is 22.9 Å². The molecule has 0 saturated heterocycles. The Morgan fingerprint density at radius 1 is 0.947 bits per heavy atom. The number of carbonyl (C=O) groups excluding carboxylic acids is 1. The molecular formula is C30H29FN4O3. The molecule has 1 unspecified atom stereocenters. The molecule has 9 bridgehead atoms. The Hall–Kier alpha value is -4.07. The van der Waals surface area contributed by atoms with E-state index in [2.05, 4.69) is 10.3 Å². The summed E-state index contributed by atoms with van der Waals surface area (Å²) in [4.78, 5) is 26.8. The van der Waals surface area contributed by atoms with Crippen LogP contribution in [0.2, 0.25) is 0 Å². The first kappa shape index (κ1) is 24.3. The summed E-state index contributed by atoms with van der Waals surface area (Å²) >= 11 is 0. The van der Waals surface area contributed by atoms with Gasteiger partial charge in [-0.15, -0.1) is 5.10 Å². The molecule has 1 atom stereocenters. The van der Waals surface area contributed by atoms with E-state index in [-0.39, 0.29) is 23.8 Å². The summed E-state index contributed by atoms with van der Waals surface area (Å²) in [7, 11) is 0. The summed E-state index contributed by atoms with van der Waals surface area (Å²) in [5.74, 6) is -2.06. The van der Waals surface area contributed by atoms with Crippen LogP contribution in [0.4, 0.5) is 4.39 Å². The van der Waals surface area contributed by atoms with E-state index in [4.69, 9.17) is 0 Å². The first-order chi connectivity index (χ1) is 18.5. The molecule has 194 valence electrons. The highest BCUT2D eigenvalue weighted by atomic mass is 19.1. The minimum Gasteiger partial charge on any atom is -0.481 e. The molecule has 3 aromatic carbocycles. The predicted octanol–water partition coefficient (Wildman–Crippen LogP) is 5.10. The minimum absolute atomic E-state index is 0.0708. The maximum absolute atomic E-state index is 15.0. The van der Waals surface area contributed by atoms with Crippen LogP contribution in [-0.2, 0) is 30.7 Å². The van der Waals surface area contributed by atoms with Gasteiger partial charge in [-0.05, 0) is 77.8 Å². The summed E-state index contributed by atoms with van der Waals surface area (Å²) in [6.07, 6.45) is 4.11. The van der Waals surface area contributed by atoms with Gasteiger partial charge in [0.2, 0.25) is 0 Å². The third kappa shape index (κ3) is 4.66. The second-order valence-electron chi connectivity index (χ2n) is 10.3. The van der Waals surface area contributed by atoms with Crippen LogP contribution in [0.3, 0.4) is 0 Å². The number of carbonyl (C=O) groups is 2. The average molecular weight is 513 g/mol. The number of amides is 1. The highest BCUT2D eigenvalue weighted by molar-refractivity contribution is 5.94. The van der Waals surface area contributed by atoms with Crippen LogP contribution in [0, 0.1) is 5.82 Å². The summed E-state index contributed by atoms with van der Waals surface area (Å²) in [5.41, 5.74) is 6.48. The molecule has 1 aromatic heterocycles. The van der Waals surface area contributed by atoms with Gasteiger partial charge in [0.15, 0.2) is 0 Å². The Labute approximate surface area is 219 Å². The van der Waals surface area contributed by atoms with Gasteiger partial charge in [-0.2, -0.15) is 0 Å². The summed E-state index contributed by atoms with van der Waals surface area (Å²) in [6, 6.07) is 16.9. The van der Waals surface area contributed by atoms with E-state index < -0.39 is 11.8 Å². The van der Waals surface area contributed by atoms with Crippen molar-refractivity contribution in [3.63, 3.8) is 0 Å². The SMILES string of the molecule is O=C(O)CC1c2ccc3c(c2)CN(CC3)C(=O)c2ccc(cc2F)CCCCCn2nnc3cc1ccc32. The minimum atomic E-state index is -0.891. The highest BCUT2D eigenvalue weighted by Crippen LogP contribution is 2.33. The lowest BCUT2D eigenvalue weighted by molar-refractivity contribution is -0.137. The van der Waals surface area contributed by atoms with Crippen LogP contribution in [0.1, 0.15) is 69.8 Å². The Kier molecular flexibility index (Phi) is 6.39. The number of nitrogens with zero attached hydrogens (tertiary/aromatic N) is 4. The van der Waals surface area contributed by atoms with E-state index >= 15 is 4.39 Å². The molecule has 8 heteroatoms. The lowest BCUT2D eigenvalue weighted by Gasteiger charge is -2.30. The number of benzene rings is 3. The molecular weight excluding hydrogens is 483 g/mol. The largest absolute Gasteiger partial charge is 0.481 e. The van der Waals surface area contributed by atoms with Gasteiger partial charge < -0.3 is 10.0 Å². The lowest BCUT2D eigenvalue weighted by Crippen LogP contribution is -2.36. The number of halogens is 1. The van der Waals surface area contributed by atoms with Crippen molar-refractivity contribution in [2.75, 3.05) is 6.54 Å². The molecule has 0 radical (unpaired) electrons. The van der Waals surface area contributed by atoms with Gasteiger partial charge in [-0.3, -0.25) is 9.59 Å². The predicted molar refractivity (Wildman–Crippen MR) is 140 cm³/mol. The molecule has 38 heavy (non-hydrogen) atoms. The Morgan fingerprint density at radius 3 is 2.63 bits per heavy atom.